The van der Waals surface area contributed by atoms with E-state index in [9.17, 15) is 48.6 Å². The van der Waals surface area contributed by atoms with Crippen molar-refractivity contribution in [3.63, 3.8) is 0 Å². The molecular weight excluding hydrogens is 1270 g/mol. The normalized spacial score (nSPS) is 20.0. The quantitative estimate of drug-likeness (QED) is 0.0181. The SMILES string of the molecule is COC(=O)[C@H]1O[C@@H](Oc2ccc(COC(=O)Nc3cc(OCCCCCOc4cc(NC(=O)OC(C)(C)C)c(C(=O)N5CCC[C@H]5CO[Si](C)(C)C(C)(C)C)cc4O)c(OC)cc3C(=O)N3CCC[C@H]3CO[Si](C)(C)C(C)(C)C)cc2)[C@H](OC(C)=O)[C@@H](OC(C)=O)[C@@H]1C(=O)O. The van der Waals surface area contributed by atoms with Crippen LogP contribution in [0, 0.1) is 5.92 Å². The molecule has 3 fully saturated rings. The average molecular weight is 1370 g/mol. The van der Waals surface area contributed by atoms with E-state index in [0.717, 1.165) is 40.2 Å². The summed E-state index contributed by atoms with van der Waals surface area (Å²) in [7, 11) is -1.88. The molecule has 28 heteroatoms. The van der Waals surface area contributed by atoms with Gasteiger partial charge in [0.05, 0.1) is 75.2 Å². The smallest absolute Gasteiger partial charge is 0.412 e. The van der Waals surface area contributed by atoms with Gasteiger partial charge in [-0.2, -0.15) is 0 Å². The van der Waals surface area contributed by atoms with E-state index in [1.807, 2.05) is 0 Å². The molecule has 4 N–H and O–H groups in total. The van der Waals surface area contributed by atoms with Crippen molar-refractivity contribution in [2.75, 3.05) is 64.4 Å². The second kappa shape index (κ2) is 32.4. The molecule has 3 aromatic carbocycles. The lowest BCUT2D eigenvalue weighted by atomic mass is 9.88. The first kappa shape index (κ1) is 76.4. The first-order chi connectivity index (χ1) is 44.3. The van der Waals surface area contributed by atoms with E-state index in [0.29, 0.717) is 57.6 Å². The Morgan fingerprint density at radius 3 is 1.62 bits per heavy atom. The van der Waals surface area contributed by atoms with E-state index in [1.54, 1.807) is 30.6 Å². The number of likely N-dealkylation sites (tertiary alicyclic amines) is 2. The zero-order valence-electron chi connectivity index (χ0n) is 58.0. The number of unbranched alkanes of at least 4 members (excludes halogenated alkanes) is 2. The van der Waals surface area contributed by atoms with Crippen molar-refractivity contribution in [1.82, 2.24) is 9.80 Å². The predicted octanol–water partition coefficient (Wildman–Crippen LogP) is 11.2. The van der Waals surface area contributed by atoms with E-state index >= 15 is 0 Å². The van der Waals surface area contributed by atoms with Gasteiger partial charge < -0.3 is 76.2 Å². The molecule has 3 saturated heterocycles. The van der Waals surface area contributed by atoms with Crippen LogP contribution in [0.1, 0.15) is 147 Å². The molecule has 3 aliphatic rings. The molecule has 7 atom stereocenters. The van der Waals surface area contributed by atoms with Gasteiger partial charge in [-0.1, -0.05) is 53.7 Å². The maximum atomic E-state index is 14.8. The van der Waals surface area contributed by atoms with Crippen LogP contribution >= 0.6 is 0 Å². The number of carboxylic acid groups (broad SMARTS) is 1. The highest BCUT2D eigenvalue weighted by Gasteiger charge is 2.57. The molecule has 0 aromatic heterocycles. The van der Waals surface area contributed by atoms with Gasteiger partial charge in [-0.05, 0) is 132 Å². The Balaban J connectivity index is 1.15. The zero-order chi connectivity index (χ0) is 70.5. The van der Waals surface area contributed by atoms with Crippen molar-refractivity contribution < 1.29 is 105 Å². The number of esters is 3. The minimum Gasteiger partial charge on any atom is -0.504 e. The fraction of sp³-hybridized carbons (Fsp3) is 0.612. The van der Waals surface area contributed by atoms with E-state index < -0.39 is 88.8 Å². The third kappa shape index (κ3) is 20.7. The van der Waals surface area contributed by atoms with E-state index in [4.69, 9.17) is 56.2 Å². The lowest BCUT2D eigenvalue weighted by Crippen LogP contribution is -2.62. The number of phenols is 1. The van der Waals surface area contributed by atoms with Gasteiger partial charge in [0.15, 0.2) is 51.8 Å². The minimum absolute atomic E-state index is 0.0255. The molecule has 0 radical (unpaired) electrons. The third-order valence-electron chi connectivity index (χ3n) is 17.6. The van der Waals surface area contributed by atoms with Crippen LogP contribution in [0.25, 0.3) is 0 Å². The summed E-state index contributed by atoms with van der Waals surface area (Å²) in [6, 6.07) is 11.2. The molecule has 0 unspecified atom stereocenters. The van der Waals surface area contributed by atoms with Gasteiger partial charge in [0.2, 0.25) is 12.4 Å². The molecule has 95 heavy (non-hydrogen) atoms. The van der Waals surface area contributed by atoms with Crippen molar-refractivity contribution in [1.29, 1.82) is 0 Å². The first-order valence-corrected chi connectivity index (χ1v) is 37.9. The number of aliphatic carboxylic acids is 1. The maximum Gasteiger partial charge on any atom is 0.412 e. The Bertz CT molecular complexity index is 3210. The molecule has 0 saturated carbocycles. The van der Waals surface area contributed by atoms with E-state index in [2.05, 4.69) is 78.4 Å². The van der Waals surface area contributed by atoms with Gasteiger partial charge in [0.25, 0.3) is 11.8 Å². The van der Waals surface area contributed by atoms with Crippen LogP contribution < -0.4 is 29.6 Å². The highest BCUT2D eigenvalue weighted by atomic mass is 28.4. The molecular formula is C67H98N4O22Si2. The van der Waals surface area contributed by atoms with Crippen LogP contribution in [0.2, 0.25) is 36.3 Å². The Hall–Kier alpha value is -7.67. The summed E-state index contributed by atoms with van der Waals surface area (Å²) >= 11 is 0. The summed E-state index contributed by atoms with van der Waals surface area (Å²) in [6.45, 7) is 30.4. The summed E-state index contributed by atoms with van der Waals surface area (Å²) in [5.74, 6) is -6.89. The number of ether oxygens (including phenoxy) is 10. The number of nitrogens with one attached hydrogen (secondary N) is 2. The number of benzene rings is 3. The maximum absolute atomic E-state index is 14.8. The average Bonchev–Trinajstić information content (AvgIpc) is 0.973. The molecule has 3 aromatic rings. The number of carboxylic acids is 1. The van der Waals surface area contributed by atoms with E-state index in [-0.39, 0.29) is 105 Å². The molecule has 0 bridgehead atoms. The molecule has 3 heterocycles. The fourth-order valence-corrected chi connectivity index (χ4v) is 12.5. The van der Waals surface area contributed by atoms with Crippen molar-refractivity contribution >= 4 is 75.9 Å². The van der Waals surface area contributed by atoms with Crippen LogP contribution in [0.3, 0.4) is 0 Å². The topological polar surface area (TPSA) is 318 Å². The monoisotopic (exact) mass is 1370 g/mol. The molecule has 0 aliphatic carbocycles. The van der Waals surface area contributed by atoms with Crippen LogP contribution in [0.4, 0.5) is 21.0 Å². The number of carbonyl (C=O) groups is 8. The highest BCUT2D eigenvalue weighted by Crippen LogP contribution is 2.42. The fourth-order valence-electron chi connectivity index (χ4n) is 10.4. The van der Waals surface area contributed by atoms with E-state index in [1.165, 1.54) is 55.6 Å². The largest absolute Gasteiger partial charge is 0.504 e. The predicted molar refractivity (Wildman–Crippen MR) is 354 cm³/mol. The summed E-state index contributed by atoms with van der Waals surface area (Å²) in [5.41, 5.74) is -0.0204. The van der Waals surface area contributed by atoms with Crippen LogP contribution in [-0.2, 0) is 63.1 Å². The second-order valence-corrected chi connectivity index (χ2v) is 37.6. The lowest BCUT2D eigenvalue weighted by Gasteiger charge is -2.42. The van der Waals surface area contributed by atoms with Gasteiger partial charge in [0.1, 0.15) is 23.9 Å². The molecule has 3 aliphatic heterocycles. The second-order valence-electron chi connectivity index (χ2n) is 28.0. The van der Waals surface area contributed by atoms with Crippen LogP contribution in [0.5, 0.6) is 28.7 Å². The minimum atomic E-state index is -2.20. The highest BCUT2D eigenvalue weighted by molar-refractivity contribution is 6.74. The molecule has 4 amide bonds. The van der Waals surface area contributed by atoms with Gasteiger partial charge in [-0.15, -0.1) is 0 Å². The standard InChI is InChI=1S/C67H98N4O22Si2/c1-40(72)89-55-54(60(77)78)56(61(79)83-13)92-62(57(55)90-41(2)73)91-45-27-25-42(26-28-45)37-86-63(80)68-49-36-53(52(82-12)34-47(49)59(76)71-30-22-24-44(71)39-88-95(16,17)67(9,10)11)85-32-20-18-19-31-84-51-35-48(69-64(81)93-65(3,4)5)46(33-50(51)74)58(75)70-29-21-23-43(70)38-87-94(14,15)66(6,7)8/h25-28,33-36,43-44,54-57,62,74H,18-24,29-32,37-39H2,1-17H3,(H,68,80)(H,69,81)(H,77,78)/t43-,44-,54-,55-,56-,57+,62+/m0/s1. The molecule has 6 rings (SSSR count). The third-order valence-corrected chi connectivity index (χ3v) is 26.6. The van der Waals surface area contributed by atoms with Crippen molar-refractivity contribution in [2.24, 2.45) is 5.92 Å². The number of carbonyl (C=O) groups excluding carboxylic acids is 7. The summed E-state index contributed by atoms with van der Waals surface area (Å²) in [6.07, 6.45) is -4.11. The van der Waals surface area contributed by atoms with Gasteiger partial charge in [-0.3, -0.25) is 34.6 Å². The van der Waals surface area contributed by atoms with Crippen LogP contribution in [-0.4, -0.2) is 181 Å². The van der Waals surface area contributed by atoms with Crippen molar-refractivity contribution in [2.45, 2.75) is 206 Å². The number of anilines is 2. The Morgan fingerprint density at radius 2 is 1.14 bits per heavy atom. The summed E-state index contributed by atoms with van der Waals surface area (Å²) < 4.78 is 69.7. The number of aromatic hydroxyl groups is 1. The Labute approximate surface area is 558 Å². The summed E-state index contributed by atoms with van der Waals surface area (Å²) in [4.78, 5) is 109. The van der Waals surface area contributed by atoms with Gasteiger partial charge >= 0.3 is 36.1 Å². The number of hydrogen-bond donors (Lipinski definition) is 4. The zero-order valence-corrected chi connectivity index (χ0v) is 60.0. The van der Waals surface area contributed by atoms with Crippen molar-refractivity contribution in [3.8, 4) is 28.7 Å². The molecule has 26 nitrogen and oxygen atoms in total. The van der Waals surface area contributed by atoms with Gasteiger partial charge in [0, 0.05) is 39.1 Å². The Kier molecular flexibility index (Phi) is 26.0. The first-order valence-electron chi connectivity index (χ1n) is 32.1. The van der Waals surface area contributed by atoms with Crippen LogP contribution in [0.15, 0.2) is 48.5 Å². The lowest BCUT2D eigenvalue weighted by molar-refractivity contribution is -0.268. The summed E-state index contributed by atoms with van der Waals surface area (Å²) in [5, 5.41) is 26.8. The number of hydrogen-bond acceptors (Lipinski definition) is 21. The molecule has 526 valence electrons. The number of methoxy groups -OCH3 is 2. The van der Waals surface area contributed by atoms with Crippen molar-refractivity contribution in [3.05, 3.63) is 65.2 Å². The Morgan fingerprint density at radius 1 is 0.642 bits per heavy atom. The molecule has 0 spiro atoms. The number of nitrogens with zero attached hydrogens (tertiary/aromatic N) is 2. The number of amides is 4. The van der Waals surface area contributed by atoms with Gasteiger partial charge in [-0.25, -0.2) is 14.4 Å². The number of rotatable bonds is 27. The number of phenolic OH excluding ortho intramolecular Hbond substituents is 1.